The van der Waals surface area contributed by atoms with Crippen LogP contribution in [0.15, 0.2) is 12.4 Å². The van der Waals surface area contributed by atoms with E-state index >= 15 is 0 Å². The maximum Gasteiger partial charge on any atom is 0.243 e. The molecule has 1 heterocycles. The van der Waals surface area contributed by atoms with Crippen molar-refractivity contribution in [1.82, 2.24) is 14.9 Å². The van der Waals surface area contributed by atoms with Gasteiger partial charge in [0.05, 0.1) is 6.54 Å². The molecule has 1 unspecified atom stereocenters. The van der Waals surface area contributed by atoms with E-state index in [1.54, 1.807) is 12.4 Å². The van der Waals surface area contributed by atoms with Gasteiger partial charge in [-0.15, -0.1) is 0 Å². The first kappa shape index (κ1) is 10.2. The minimum Gasteiger partial charge on any atom is -0.352 e. The third-order valence-corrected chi connectivity index (χ3v) is 2.65. The molecule has 5 heteroatoms. The van der Waals surface area contributed by atoms with Crippen LogP contribution in [0.4, 0.5) is 0 Å². The zero-order valence-corrected chi connectivity index (χ0v) is 8.81. The SMILES string of the molecule is CC(C(=O)NC1CC1)n1ccnc1CN. The van der Waals surface area contributed by atoms with Gasteiger partial charge in [0.2, 0.25) is 5.91 Å². The van der Waals surface area contributed by atoms with E-state index in [4.69, 9.17) is 5.73 Å². The lowest BCUT2D eigenvalue weighted by Gasteiger charge is -2.15. The summed E-state index contributed by atoms with van der Waals surface area (Å²) >= 11 is 0. The summed E-state index contributed by atoms with van der Waals surface area (Å²) in [6.45, 7) is 2.21. The Balaban J connectivity index is 2.04. The second-order valence-corrected chi connectivity index (χ2v) is 3.91. The van der Waals surface area contributed by atoms with Crippen LogP contribution in [0.25, 0.3) is 0 Å². The van der Waals surface area contributed by atoms with Crippen molar-refractivity contribution in [2.75, 3.05) is 0 Å². The average Bonchev–Trinajstić information content (AvgIpc) is 2.92. The highest BCUT2D eigenvalue weighted by Crippen LogP contribution is 2.20. The van der Waals surface area contributed by atoms with Gasteiger partial charge in [-0.2, -0.15) is 0 Å². The number of nitrogens with one attached hydrogen (secondary N) is 1. The van der Waals surface area contributed by atoms with Gasteiger partial charge in [-0.05, 0) is 19.8 Å². The van der Waals surface area contributed by atoms with E-state index in [1.165, 1.54) is 0 Å². The van der Waals surface area contributed by atoms with Crippen molar-refractivity contribution < 1.29 is 4.79 Å². The number of amides is 1. The number of carbonyl (C=O) groups is 1. The van der Waals surface area contributed by atoms with Crippen molar-refractivity contribution >= 4 is 5.91 Å². The molecule has 1 fully saturated rings. The molecule has 0 aliphatic heterocycles. The van der Waals surface area contributed by atoms with Crippen LogP contribution in [0.2, 0.25) is 0 Å². The van der Waals surface area contributed by atoms with Crippen molar-refractivity contribution in [1.29, 1.82) is 0 Å². The summed E-state index contributed by atoms with van der Waals surface area (Å²) in [4.78, 5) is 15.9. The Hall–Kier alpha value is -1.36. The summed E-state index contributed by atoms with van der Waals surface area (Å²) in [7, 11) is 0. The van der Waals surface area contributed by atoms with Crippen molar-refractivity contribution in [3.63, 3.8) is 0 Å². The summed E-state index contributed by atoms with van der Waals surface area (Å²) in [5, 5.41) is 2.96. The maximum absolute atomic E-state index is 11.8. The molecular formula is C10H16N4O. The number of aromatic nitrogens is 2. The van der Waals surface area contributed by atoms with Crippen LogP contribution in [0, 0.1) is 0 Å². The summed E-state index contributed by atoms with van der Waals surface area (Å²) < 4.78 is 1.82. The van der Waals surface area contributed by atoms with Crippen LogP contribution in [0.5, 0.6) is 0 Å². The Morgan fingerprint density at radius 3 is 3.13 bits per heavy atom. The molecule has 1 aromatic heterocycles. The molecule has 0 spiro atoms. The van der Waals surface area contributed by atoms with Crippen molar-refractivity contribution in [2.24, 2.45) is 5.73 Å². The fourth-order valence-electron chi connectivity index (χ4n) is 1.53. The minimum absolute atomic E-state index is 0.0465. The lowest BCUT2D eigenvalue weighted by atomic mass is 10.3. The number of nitrogens with two attached hydrogens (primary N) is 1. The van der Waals surface area contributed by atoms with E-state index in [1.807, 2.05) is 11.5 Å². The van der Waals surface area contributed by atoms with Gasteiger partial charge >= 0.3 is 0 Å². The van der Waals surface area contributed by atoms with Gasteiger partial charge in [-0.25, -0.2) is 4.98 Å². The van der Waals surface area contributed by atoms with Crippen LogP contribution in [0.3, 0.4) is 0 Å². The molecule has 1 amide bonds. The fourth-order valence-corrected chi connectivity index (χ4v) is 1.53. The van der Waals surface area contributed by atoms with E-state index in [9.17, 15) is 4.79 Å². The van der Waals surface area contributed by atoms with Crippen LogP contribution in [-0.2, 0) is 11.3 Å². The van der Waals surface area contributed by atoms with Crippen molar-refractivity contribution in [3.05, 3.63) is 18.2 Å². The quantitative estimate of drug-likeness (QED) is 0.741. The van der Waals surface area contributed by atoms with E-state index in [0.29, 0.717) is 12.6 Å². The molecule has 0 aromatic carbocycles. The second-order valence-electron chi connectivity index (χ2n) is 3.91. The molecule has 0 bridgehead atoms. The number of hydrogen-bond donors (Lipinski definition) is 2. The highest BCUT2D eigenvalue weighted by molar-refractivity contribution is 5.80. The zero-order chi connectivity index (χ0) is 10.8. The predicted octanol–water partition coefficient (Wildman–Crippen LogP) is 0.181. The van der Waals surface area contributed by atoms with Gasteiger partial charge in [-0.1, -0.05) is 0 Å². The molecule has 82 valence electrons. The van der Waals surface area contributed by atoms with E-state index in [0.717, 1.165) is 18.7 Å². The Morgan fingerprint density at radius 1 is 1.80 bits per heavy atom. The monoisotopic (exact) mass is 208 g/mol. The van der Waals surface area contributed by atoms with E-state index in [-0.39, 0.29) is 11.9 Å². The molecule has 15 heavy (non-hydrogen) atoms. The number of nitrogens with zero attached hydrogens (tertiary/aromatic N) is 2. The molecule has 1 saturated carbocycles. The van der Waals surface area contributed by atoms with Crippen LogP contribution in [0.1, 0.15) is 31.6 Å². The van der Waals surface area contributed by atoms with Gasteiger partial charge in [0, 0.05) is 18.4 Å². The standard InChI is InChI=1S/C10H16N4O/c1-7(10(15)13-8-2-3-8)14-5-4-12-9(14)6-11/h4-5,7-8H,2-3,6,11H2,1H3,(H,13,15). The first-order valence-corrected chi connectivity index (χ1v) is 5.24. The Bertz CT molecular complexity index is 356. The molecule has 1 aliphatic carbocycles. The first-order chi connectivity index (χ1) is 7.22. The van der Waals surface area contributed by atoms with Crippen LogP contribution >= 0.6 is 0 Å². The van der Waals surface area contributed by atoms with Gasteiger partial charge in [0.25, 0.3) is 0 Å². The fraction of sp³-hybridized carbons (Fsp3) is 0.600. The van der Waals surface area contributed by atoms with E-state index in [2.05, 4.69) is 10.3 Å². The molecule has 1 aliphatic rings. The number of rotatable bonds is 4. The molecule has 0 saturated heterocycles. The van der Waals surface area contributed by atoms with Gasteiger partial charge in [0.1, 0.15) is 11.9 Å². The molecule has 1 aromatic rings. The van der Waals surface area contributed by atoms with Crippen molar-refractivity contribution in [3.8, 4) is 0 Å². The van der Waals surface area contributed by atoms with Gasteiger partial charge < -0.3 is 15.6 Å². The largest absolute Gasteiger partial charge is 0.352 e. The van der Waals surface area contributed by atoms with Gasteiger partial charge in [0.15, 0.2) is 0 Å². The zero-order valence-electron chi connectivity index (χ0n) is 8.81. The van der Waals surface area contributed by atoms with Crippen LogP contribution in [-0.4, -0.2) is 21.5 Å². The minimum atomic E-state index is -0.230. The summed E-state index contributed by atoms with van der Waals surface area (Å²) in [6.07, 6.45) is 5.67. The first-order valence-electron chi connectivity index (χ1n) is 5.24. The second kappa shape index (κ2) is 4.02. The summed E-state index contributed by atoms with van der Waals surface area (Å²) in [5.41, 5.74) is 5.53. The van der Waals surface area contributed by atoms with Crippen molar-refractivity contribution in [2.45, 2.75) is 38.4 Å². The number of carbonyl (C=O) groups excluding carboxylic acids is 1. The highest BCUT2D eigenvalue weighted by Gasteiger charge is 2.26. The Morgan fingerprint density at radius 2 is 2.53 bits per heavy atom. The molecule has 1 atom stereocenters. The normalized spacial score (nSPS) is 17.5. The smallest absolute Gasteiger partial charge is 0.243 e. The maximum atomic E-state index is 11.8. The Kier molecular flexibility index (Phi) is 2.73. The Labute approximate surface area is 88.7 Å². The van der Waals surface area contributed by atoms with Gasteiger partial charge in [-0.3, -0.25) is 4.79 Å². The molecule has 5 nitrogen and oxygen atoms in total. The molecule has 0 radical (unpaired) electrons. The molecular weight excluding hydrogens is 192 g/mol. The topological polar surface area (TPSA) is 72.9 Å². The predicted molar refractivity (Wildman–Crippen MR) is 56.0 cm³/mol. The summed E-state index contributed by atoms with van der Waals surface area (Å²) in [5.74, 6) is 0.790. The van der Waals surface area contributed by atoms with Crippen LogP contribution < -0.4 is 11.1 Å². The average molecular weight is 208 g/mol. The number of imidazole rings is 1. The lowest BCUT2D eigenvalue weighted by molar-refractivity contribution is -0.124. The number of hydrogen-bond acceptors (Lipinski definition) is 3. The highest BCUT2D eigenvalue weighted by atomic mass is 16.2. The third kappa shape index (κ3) is 2.18. The molecule has 3 N–H and O–H groups in total. The third-order valence-electron chi connectivity index (χ3n) is 2.65. The summed E-state index contributed by atoms with van der Waals surface area (Å²) in [6, 6.07) is 0.163. The van der Waals surface area contributed by atoms with E-state index < -0.39 is 0 Å². The molecule has 2 rings (SSSR count). The lowest BCUT2D eigenvalue weighted by Crippen LogP contribution is -2.33.